The Hall–Kier alpha value is -1.10. The molecule has 2 unspecified atom stereocenters. The maximum absolute atomic E-state index is 12.6. The van der Waals surface area contributed by atoms with E-state index in [2.05, 4.69) is 0 Å². The fourth-order valence-electron chi connectivity index (χ4n) is 5.97. The molecule has 154 valence electrons. The van der Waals surface area contributed by atoms with Crippen molar-refractivity contribution in [3.8, 4) is 0 Å². The highest BCUT2D eigenvalue weighted by Gasteiger charge is 2.51. The Labute approximate surface area is 163 Å². The van der Waals surface area contributed by atoms with Gasteiger partial charge in [-0.05, 0) is 83.5 Å². The van der Waals surface area contributed by atoms with E-state index in [1.807, 2.05) is 13.8 Å². The van der Waals surface area contributed by atoms with Crippen LogP contribution in [0, 0.1) is 28.6 Å². The van der Waals surface area contributed by atoms with Crippen molar-refractivity contribution < 1.29 is 23.8 Å². The van der Waals surface area contributed by atoms with Crippen LogP contribution < -0.4 is 0 Å². The number of hydrogen-bond donors (Lipinski definition) is 0. The number of ether oxygens (including phenoxy) is 3. The molecule has 2 atom stereocenters. The monoisotopic (exact) mass is 380 g/mol. The minimum atomic E-state index is -0.871. The SMILES string of the molecule is CCOC(C)OC(=O)C(C)(CC)CC(=O)OCC12CC3CC(CC(C3)C1)C2. The Morgan fingerprint density at radius 2 is 1.63 bits per heavy atom. The van der Waals surface area contributed by atoms with Gasteiger partial charge >= 0.3 is 11.9 Å². The van der Waals surface area contributed by atoms with Gasteiger partial charge in [0.2, 0.25) is 0 Å². The summed E-state index contributed by atoms with van der Waals surface area (Å²) in [5.74, 6) is 1.84. The molecule has 4 aliphatic rings. The van der Waals surface area contributed by atoms with Crippen molar-refractivity contribution in [2.45, 2.75) is 85.4 Å². The van der Waals surface area contributed by atoms with Gasteiger partial charge in [-0.3, -0.25) is 9.59 Å². The van der Waals surface area contributed by atoms with Crippen molar-refractivity contribution in [2.24, 2.45) is 28.6 Å². The summed E-state index contributed by atoms with van der Waals surface area (Å²) in [6, 6.07) is 0. The number of carbonyl (C=O) groups is 2. The van der Waals surface area contributed by atoms with Crippen LogP contribution in [0.15, 0.2) is 0 Å². The quantitative estimate of drug-likeness (QED) is 0.436. The summed E-state index contributed by atoms with van der Waals surface area (Å²) in [7, 11) is 0. The van der Waals surface area contributed by atoms with Crippen molar-refractivity contribution in [1.29, 1.82) is 0 Å². The molecule has 0 aliphatic heterocycles. The third-order valence-electron chi connectivity index (χ3n) is 7.19. The molecule has 0 amide bonds. The van der Waals surface area contributed by atoms with Gasteiger partial charge in [0.15, 0.2) is 6.29 Å². The molecule has 4 aliphatic carbocycles. The lowest BCUT2D eigenvalue weighted by Crippen LogP contribution is -2.48. The molecule has 5 heteroatoms. The van der Waals surface area contributed by atoms with E-state index in [0.29, 0.717) is 19.6 Å². The second-order valence-electron chi connectivity index (χ2n) is 9.60. The first kappa shape index (κ1) is 20.6. The van der Waals surface area contributed by atoms with Crippen LogP contribution in [0.4, 0.5) is 0 Å². The van der Waals surface area contributed by atoms with E-state index in [-0.39, 0.29) is 17.8 Å². The van der Waals surface area contributed by atoms with Crippen molar-refractivity contribution in [3.63, 3.8) is 0 Å². The third kappa shape index (κ3) is 4.67. The Balaban J connectivity index is 1.52. The number of carbonyl (C=O) groups excluding carboxylic acids is 2. The van der Waals surface area contributed by atoms with Crippen molar-refractivity contribution in [2.75, 3.05) is 13.2 Å². The molecule has 0 aromatic rings. The van der Waals surface area contributed by atoms with Crippen LogP contribution in [0.3, 0.4) is 0 Å². The zero-order valence-electron chi connectivity index (χ0n) is 17.4. The largest absolute Gasteiger partial charge is 0.465 e. The van der Waals surface area contributed by atoms with Gasteiger partial charge in [0.25, 0.3) is 0 Å². The van der Waals surface area contributed by atoms with E-state index < -0.39 is 17.7 Å². The maximum Gasteiger partial charge on any atom is 0.314 e. The van der Waals surface area contributed by atoms with Crippen LogP contribution in [0.25, 0.3) is 0 Å². The maximum atomic E-state index is 12.6. The summed E-state index contributed by atoms with van der Waals surface area (Å²) in [6.45, 7) is 8.23. The molecule has 27 heavy (non-hydrogen) atoms. The third-order valence-corrected chi connectivity index (χ3v) is 7.19. The highest BCUT2D eigenvalue weighted by atomic mass is 16.7. The topological polar surface area (TPSA) is 61.8 Å². The van der Waals surface area contributed by atoms with Crippen LogP contribution in [0.5, 0.6) is 0 Å². The number of rotatable bonds is 9. The fourth-order valence-corrected chi connectivity index (χ4v) is 5.97. The summed E-state index contributed by atoms with van der Waals surface area (Å²) in [4.78, 5) is 25.1. The molecule has 4 bridgehead atoms. The van der Waals surface area contributed by atoms with Crippen molar-refractivity contribution in [3.05, 3.63) is 0 Å². The molecule has 4 fully saturated rings. The zero-order chi connectivity index (χ0) is 19.7. The highest BCUT2D eigenvalue weighted by Crippen LogP contribution is 2.60. The lowest BCUT2D eigenvalue weighted by molar-refractivity contribution is -0.188. The Kier molecular flexibility index (Phi) is 6.19. The normalized spacial score (nSPS) is 34.7. The molecular formula is C22H36O5. The Morgan fingerprint density at radius 1 is 1.07 bits per heavy atom. The summed E-state index contributed by atoms with van der Waals surface area (Å²) in [5.41, 5.74) is -0.666. The van der Waals surface area contributed by atoms with Gasteiger partial charge in [-0.2, -0.15) is 0 Å². The van der Waals surface area contributed by atoms with E-state index in [0.717, 1.165) is 17.8 Å². The standard InChI is InChI=1S/C22H36O5/c1-5-21(4,20(24)27-15(3)25-6-2)13-19(23)26-14-22-10-16-7-17(11-22)9-18(8-16)12-22/h15-18H,5-14H2,1-4H3. The lowest BCUT2D eigenvalue weighted by atomic mass is 9.50. The average Bonchev–Trinajstić information content (AvgIpc) is 2.59. The summed E-state index contributed by atoms with van der Waals surface area (Å²) in [5, 5.41) is 0. The van der Waals surface area contributed by atoms with Gasteiger partial charge in [0.1, 0.15) is 0 Å². The predicted molar refractivity (Wildman–Crippen MR) is 102 cm³/mol. The fraction of sp³-hybridized carbons (Fsp3) is 0.909. The summed E-state index contributed by atoms with van der Waals surface area (Å²) in [6.07, 6.45) is 7.77. The van der Waals surface area contributed by atoms with E-state index in [9.17, 15) is 9.59 Å². The number of esters is 2. The van der Waals surface area contributed by atoms with Crippen LogP contribution in [0.1, 0.15) is 79.1 Å². The van der Waals surface area contributed by atoms with Gasteiger partial charge in [-0.15, -0.1) is 0 Å². The van der Waals surface area contributed by atoms with E-state index >= 15 is 0 Å². The van der Waals surface area contributed by atoms with Crippen LogP contribution >= 0.6 is 0 Å². The smallest absolute Gasteiger partial charge is 0.314 e. The second-order valence-corrected chi connectivity index (χ2v) is 9.60. The molecule has 0 aromatic carbocycles. The van der Waals surface area contributed by atoms with Gasteiger partial charge < -0.3 is 14.2 Å². The van der Waals surface area contributed by atoms with Gasteiger partial charge in [-0.1, -0.05) is 6.92 Å². The summed E-state index contributed by atoms with van der Waals surface area (Å²) >= 11 is 0. The molecule has 0 radical (unpaired) electrons. The molecule has 4 saturated carbocycles. The van der Waals surface area contributed by atoms with E-state index in [1.165, 1.54) is 38.5 Å². The Morgan fingerprint density at radius 3 is 2.11 bits per heavy atom. The van der Waals surface area contributed by atoms with Gasteiger partial charge in [0, 0.05) is 12.0 Å². The lowest BCUT2D eigenvalue weighted by Gasteiger charge is -2.56. The first-order chi connectivity index (χ1) is 12.8. The summed E-state index contributed by atoms with van der Waals surface area (Å²) < 4.78 is 16.4. The van der Waals surface area contributed by atoms with E-state index in [1.54, 1.807) is 13.8 Å². The first-order valence-electron chi connectivity index (χ1n) is 10.8. The molecule has 4 rings (SSSR count). The minimum Gasteiger partial charge on any atom is -0.465 e. The first-order valence-corrected chi connectivity index (χ1v) is 10.8. The van der Waals surface area contributed by atoms with Gasteiger partial charge in [0.05, 0.1) is 18.4 Å². The van der Waals surface area contributed by atoms with Crippen molar-refractivity contribution >= 4 is 11.9 Å². The van der Waals surface area contributed by atoms with Crippen LogP contribution in [0.2, 0.25) is 0 Å². The Bertz CT molecular complexity index is 522. The van der Waals surface area contributed by atoms with Gasteiger partial charge in [-0.25, -0.2) is 0 Å². The average molecular weight is 381 g/mol. The second kappa shape index (κ2) is 8.10. The molecule has 0 N–H and O–H groups in total. The molecule has 5 nitrogen and oxygen atoms in total. The molecule has 0 saturated heterocycles. The molecule has 0 aromatic heterocycles. The molecule has 0 heterocycles. The van der Waals surface area contributed by atoms with Crippen LogP contribution in [-0.2, 0) is 23.8 Å². The van der Waals surface area contributed by atoms with Crippen LogP contribution in [-0.4, -0.2) is 31.4 Å². The van der Waals surface area contributed by atoms with Crippen molar-refractivity contribution in [1.82, 2.24) is 0 Å². The predicted octanol–water partition coefficient (Wildman–Crippen LogP) is 4.48. The number of hydrogen-bond acceptors (Lipinski definition) is 5. The highest BCUT2D eigenvalue weighted by molar-refractivity contribution is 5.83. The zero-order valence-corrected chi connectivity index (χ0v) is 17.4. The molecule has 0 spiro atoms. The van der Waals surface area contributed by atoms with E-state index in [4.69, 9.17) is 14.2 Å². The molecular weight excluding hydrogens is 344 g/mol. The minimum absolute atomic E-state index is 0.0630.